The molecule has 6 heteroatoms. The Kier molecular flexibility index (Phi) is 4.26. The Morgan fingerprint density at radius 2 is 2.15 bits per heavy atom. The third-order valence-corrected chi connectivity index (χ3v) is 5.18. The van der Waals surface area contributed by atoms with Crippen LogP contribution in [0.1, 0.15) is 27.2 Å². The summed E-state index contributed by atoms with van der Waals surface area (Å²) in [4.78, 5) is 28.6. The number of hydrogen-bond donors (Lipinski definition) is 2. The van der Waals surface area contributed by atoms with Gasteiger partial charge in [-0.2, -0.15) is 0 Å². The Labute approximate surface area is 155 Å². The summed E-state index contributed by atoms with van der Waals surface area (Å²) in [5.41, 5.74) is 5.18. The van der Waals surface area contributed by atoms with Gasteiger partial charge in [0.15, 0.2) is 0 Å². The van der Waals surface area contributed by atoms with Crippen molar-refractivity contribution in [2.45, 2.75) is 19.9 Å². The predicted octanol–water partition coefficient (Wildman–Crippen LogP) is 3.54. The first-order valence-corrected chi connectivity index (χ1v) is 9.19. The van der Waals surface area contributed by atoms with E-state index in [1.54, 1.807) is 6.07 Å². The van der Waals surface area contributed by atoms with Crippen LogP contribution in [-0.4, -0.2) is 16.8 Å². The van der Waals surface area contributed by atoms with Crippen molar-refractivity contribution in [3.63, 3.8) is 0 Å². The second-order valence-corrected chi connectivity index (χ2v) is 7.15. The Morgan fingerprint density at radius 3 is 3.00 bits per heavy atom. The van der Waals surface area contributed by atoms with Crippen LogP contribution in [0.3, 0.4) is 0 Å². The maximum Gasteiger partial charge on any atom is 0.251 e. The van der Waals surface area contributed by atoms with Crippen LogP contribution in [0.2, 0.25) is 0 Å². The van der Waals surface area contributed by atoms with Gasteiger partial charge in [-0.25, -0.2) is 4.98 Å². The number of rotatable bonds is 4. The van der Waals surface area contributed by atoms with Gasteiger partial charge < -0.3 is 10.6 Å². The molecule has 2 aromatic carbocycles. The highest BCUT2D eigenvalue weighted by molar-refractivity contribution is 7.13. The maximum atomic E-state index is 12.3. The average Bonchev–Trinajstić information content (AvgIpc) is 3.22. The minimum atomic E-state index is -0.149. The molecule has 0 spiro atoms. The number of anilines is 1. The SMILES string of the molecule is Cc1cccc(-c2nc(CC(=O)Nc3ccc4c(c3)C(=O)NC4)cs2)c1. The lowest BCUT2D eigenvalue weighted by molar-refractivity contribution is -0.115. The molecule has 2 heterocycles. The van der Waals surface area contributed by atoms with E-state index < -0.39 is 0 Å². The Bertz CT molecular complexity index is 1010. The number of nitrogens with one attached hydrogen (secondary N) is 2. The Hall–Kier alpha value is -2.99. The molecule has 3 aromatic rings. The predicted molar refractivity (Wildman–Crippen MR) is 102 cm³/mol. The molecule has 0 bridgehead atoms. The molecular weight excluding hydrogens is 346 g/mol. The highest BCUT2D eigenvalue weighted by atomic mass is 32.1. The van der Waals surface area contributed by atoms with E-state index in [9.17, 15) is 9.59 Å². The summed E-state index contributed by atoms with van der Waals surface area (Å²) in [6.45, 7) is 2.59. The lowest BCUT2D eigenvalue weighted by Gasteiger charge is -2.05. The van der Waals surface area contributed by atoms with E-state index in [4.69, 9.17) is 0 Å². The largest absolute Gasteiger partial charge is 0.348 e. The zero-order chi connectivity index (χ0) is 18.1. The zero-order valence-corrected chi connectivity index (χ0v) is 15.0. The van der Waals surface area contributed by atoms with Gasteiger partial charge in [-0.15, -0.1) is 11.3 Å². The average molecular weight is 363 g/mol. The number of aryl methyl sites for hydroxylation is 1. The first-order chi connectivity index (χ1) is 12.6. The molecule has 130 valence electrons. The molecule has 1 aliphatic rings. The van der Waals surface area contributed by atoms with Gasteiger partial charge in [0.25, 0.3) is 5.91 Å². The molecular formula is C20H17N3O2S. The molecule has 0 radical (unpaired) electrons. The van der Waals surface area contributed by atoms with Crippen LogP contribution in [0, 0.1) is 6.92 Å². The summed E-state index contributed by atoms with van der Waals surface area (Å²) in [6, 6.07) is 13.5. The fourth-order valence-corrected chi connectivity index (χ4v) is 3.78. The van der Waals surface area contributed by atoms with Gasteiger partial charge in [-0.1, -0.05) is 29.8 Å². The van der Waals surface area contributed by atoms with E-state index in [0.29, 0.717) is 17.8 Å². The van der Waals surface area contributed by atoms with Gasteiger partial charge in [-0.05, 0) is 30.7 Å². The number of fused-ring (bicyclic) bond motifs is 1. The number of carbonyl (C=O) groups excluding carboxylic acids is 2. The van der Waals surface area contributed by atoms with Crippen molar-refractivity contribution in [2.24, 2.45) is 0 Å². The molecule has 1 aromatic heterocycles. The number of thiazole rings is 1. The molecule has 0 atom stereocenters. The molecule has 2 N–H and O–H groups in total. The number of carbonyl (C=O) groups is 2. The first-order valence-electron chi connectivity index (χ1n) is 8.31. The van der Waals surface area contributed by atoms with Crippen molar-refractivity contribution in [3.05, 3.63) is 70.2 Å². The molecule has 1 aliphatic heterocycles. The highest BCUT2D eigenvalue weighted by Crippen LogP contribution is 2.25. The maximum absolute atomic E-state index is 12.3. The molecule has 26 heavy (non-hydrogen) atoms. The van der Waals surface area contributed by atoms with Crippen LogP contribution in [-0.2, 0) is 17.8 Å². The normalized spacial score (nSPS) is 12.6. The van der Waals surface area contributed by atoms with Crippen LogP contribution in [0.25, 0.3) is 10.6 Å². The first kappa shape index (κ1) is 16.5. The van der Waals surface area contributed by atoms with Crippen LogP contribution in [0.4, 0.5) is 5.69 Å². The third kappa shape index (κ3) is 3.36. The lowest BCUT2D eigenvalue weighted by Crippen LogP contribution is -2.15. The molecule has 2 amide bonds. The van der Waals surface area contributed by atoms with E-state index in [0.717, 1.165) is 21.8 Å². The summed E-state index contributed by atoms with van der Waals surface area (Å²) >= 11 is 1.53. The van der Waals surface area contributed by atoms with E-state index in [1.807, 2.05) is 42.6 Å². The van der Waals surface area contributed by atoms with Crippen LogP contribution < -0.4 is 10.6 Å². The van der Waals surface area contributed by atoms with Gasteiger partial charge in [0, 0.05) is 28.7 Å². The standard InChI is InChI=1S/C20H17N3O2S/c1-12-3-2-4-13(7-12)20-23-16(11-26-20)9-18(24)22-15-6-5-14-10-21-19(25)17(14)8-15/h2-8,11H,9-10H2,1H3,(H,21,25)(H,22,24). The molecule has 0 saturated heterocycles. The summed E-state index contributed by atoms with van der Waals surface area (Å²) in [6.07, 6.45) is 0.200. The van der Waals surface area contributed by atoms with E-state index >= 15 is 0 Å². The van der Waals surface area contributed by atoms with Crippen LogP contribution in [0.15, 0.2) is 47.8 Å². The molecule has 0 saturated carbocycles. The van der Waals surface area contributed by atoms with Crippen molar-refractivity contribution in [1.29, 1.82) is 0 Å². The van der Waals surface area contributed by atoms with Crippen molar-refractivity contribution in [3.8, 4) is 10.6 Å². The van der Waals surface area contributed by atoms with Crippen molar-refractivity contribution >= 4 is 28.8 Å². The molecule has 0 unspecified atom stereocenters. The fraction of sp³-hybridized carbons (Fsp3) is 0.150. The van der Waals surface area contributed by atoms with Gasteiger partial charge in [-0.3, -0.25) is 9.59 Å². The number of nitrogens with zero attached hydrogens (tertiary/aromatic N) is 1. The van der Waals surface area contributed by atoms with E-state index in [1.165, 1.54) is 16.9 Å². The molecule has 0 fully saturated rings. The number of amides is 2. The zero-order valence-electron chi connectivity index (χ0n) is 14.2. The second kappa shape index (κ2) is 6.72. The Balaban J connectivity index is 1.44. The number of aromatic nitrogens is 1. The van der Waals surface area contributed by atoms with Gasteiger partial charge >= 0.3 is 0 Å². The lowest BCUT2D eigenvalue weighted by atomic mass is 10.1. The van der Waals surface area contributed by atoms with Gasteiger partial charge in [0.05, 0.1) is 12.1 Å². The third-order valence-electron chi connectivity index (χ3n) is 4.24. The smallest absolute Gasteiger partial charge is 0.251 e. The highest BCUT2D eigenvalue weighted by Gasteiger charge is 2.19. The van der Waals surface area contributed by atoms with E-state index in [-0.39, 0.29) is 18.2 Å². The molecule has 4 rings (SSSR count). The summed E-state index contributed by atoms with van der Waals surface area (Å²) in [7, 11) is 0. The fourth-order valence-electron chi connectivity index (χ4n) is 2.96. The number of benzene rings is 2. The topological polar surface area (TPSA) is 71.1 Å². The van der Waals surface area contributed by atoms with Gasteiger partial charge in [0.1, 0.15) is 5.01 Å². The Morgan fingerprint density at radius 1 is 1.27 bits per heavy atom. The summed E-state index contributed by atoms with van der Waals surface area (Å²) in [5.74, 6) is -0.247. The second-order valence-electron chi connectivity index (χ2n) is 6.29. The van der Waals surface area contributed by atoms with Crippen molar-refractivity contribution in [2.75, 3.05) is 5.32 Å². The molecule has 0 aliphatic carbocycles. The minimum absolute atomic E-state index is 0.0987. The van der Waals surface area contributed by atoms with Crippen molar-refractivity contribution in [1.82, 2.24) is 10.3 Å². The summed E-state index contributed by atoms with van der Waals surface area (Å²) in [5, 5.41) is 8.43. The quantitative estimate of drug-likeness (QED) is 0.745. The minimum Gasteiger partial charge on any atom is -0.348 e. The number of hydrogen-bond acceptors (Lipinski definition) is 4. The van der Waals surface area contributed by atoms with Crippen LogP contribution >= 0.6 is 11.3 Å². The summed E-state index contributed by atoms with van der Waals surface area (Å²) < 4.78 is 0. The van der Waals surface area contributed by atoms with Crippen molar-refractivity contribution < 1.29 is 9.59 Å². The van der Waals surface area contributed by atoms with E-state index in [2.05, 4.69) is 21.7 Å². The van der Waals surface area contributed by atoms with Crippen LogP contribution in [0.5, 0.6) is 0 Å². The molecule has 5 nitrogen and oxygen atoms in total. The van der Waals surface area contributed by atoms with Gasteiger partial charge in [0.2, 0.25) is 5.91 Å². The monoisotopic (exact) mass is 363 g/mol.